The smallest absolute Gasteiger partial charge is 0.267 e. The van der Waals surface area contributed by atoms with Crippen molar-refractivity contribution in [3.8, 4) is 11.5 Å². The molecule has 178 valence electrons. The Morgan fingerprint density at radius 2 is 1.94 bits per heavy atom. The predicted molar refractivity (Wildman–Crippen MR) is 143 cm³/mol. The number of carbonyl (C=O) groups excluding carboxylic acids is 1. The lowest BCUT2D eigenvalue weighted by Gasteiger charge is -2.13. The Morgan fingerprint density at radius 3 is 2.66 bits per heavy atom. The number of amidine groups is 1. The van der Waals surface area contributed by atoms with E-state index < -0.39 is 0 Å². The largest absolute Gasteiger partial charge is 0.493 e. The quantitative estimate of drug-likeness (QED) is 0.240. The highest BCUT2D eigenvalue weighted by Gasteiger charge is 2.32. The maximum atomic E-state index is 13.1. The van der Waals surface area contributed by atoms with Gasteiger partial charge in [-0.05, 0) is 59.3 Å². The second kappa shape index (κ2) is 11.4. The minimum absolute atomic E-state index is 0.166. The Balaban J connectivity index is 1.56. The number of amides is 1. The van der Waals surface area contributed by atoms with Gasteiger partial charge in [0.1, 0.15) is 6.61 Å². The number of hydrogen-bond acceptors (Lipinski definition) is 6. The Bertz CT molecular complexity index is 1310. The molecule has 2 heterocycles. The normalized spacial score (nSPS) is 15.6. The van der Waals surface area contributed by atoms with Crippen LogP contribution in [0.15, 0.2) is 83.5 Å². The second-order valence-electron chi connectivity index (χ2n) is 7.36. The highest BCUT2D eigenvalue weighted by Crippen LogP contribution is 2.37. The number of methoxy groups -OCH3 is 1. The molecule has 0 radical (unpaired) electrons. The third kappa shape index (κ3) is 6.06. The SMILES string of the molecule is C=CCN1C(=O)/C(=C/c2ccc(OCc3ccc(Cl)cc3)c(OC)c2)SC1=Nc1ccncc1Cl. The number of aliphatic imine (C=N–C) groups is 1. The van der Waals surface area contributed by atoms with E-state index in [4.69, 9.17) is 32.7 Å². The van der Waals surface area contributed by atoms with Crippen molar-refractivity contribution < 1.29 is 14.3 Å². The lowest BCUT2D eigenvalue weighted by molar-refractivity contribution is -0.121. The molecule has 1 amide bonds. The van der Waals surface area contributed by atoms with Gasteiger partial charge in [0.05, 0.1) is 22.7 Å². The summed E-state index contributed by atoms with van der Waals surface area (Å²) in [4.78, 5) is 23.7. The molecule has 0 N–H and O–H groups in total. The summed E-state index contributed by atoms with van der Waals surface area (Å²) < 4.78 is 11.4. The van der Waals surface area contributed by atoms with Crippen molar-refractivity contribution in [2.24, 2.45) is 4.99 Å². The zero-order valence-corrected chi connectivity index (χ0v) is 21.1. The Kier molecular flexibility index (Phi) is 8.13. The van der Waals surface area contributed by atoms with Crippen LogP contribution in [0.5, 0.6) is 11.5 Å². The number of aromatic nitrogens is 1. The average molecular weight is 526 g/mol. The Labute approximate surface area is 217 Å². The maximum absolute atomic E-state index is 13.1. The fraction of sp³-hybridized carbons (Fsp3) is 0.115. The van der Waals surface area contributed by atoms with E-state index in [-0.39, 0.29) is 5.91 Å². The molecule has 0 saturated carbocycles. The second-order valence-corrected chi connectivity index (χ2v) is 9.21. The van der Waals surface area contributed by atoms with Gasteiger partial charge in [0.25, 0.3) is 5.91 Å². The van der Waals surface area contributed by atoms with Gasteiger partial charge in [-0.1, -0.05) is 47.5 Å². The van der Waals surface area contributed by atoms with Crippen molar-refractivity contribution in [2.75, 3.05) is 13.7 Å². The molecule has 3 aromatic rings. The third-order valence-corrected chi connectivity index (χ3v) is 6.51. The van der Waals surface area contributed by atoms with Gasteiger partial charge in [0.2, 0.25) is 0 Å². The van der Waals surface area contributed by atoms with Crippen molar-refractivity contribution in [2.45, 2.75) is 6.61 Å². The summed E-state index contributed by atoms with van der Waals surface area (Å²) in [6.45, 7) is 4.45. The van der Waals surface area contributed by atoms with Crippen LogP contribution in [-0.2, 0) is 11.4 Å². The van der Waals surface area contributed by atoms with Crippen LogP contribution in [0.2, 0.25) is 10.0 Å². The van der Waals surface area contributed by atoms with Crippen LogP contribution in [0.25, 0.3) is 6.08 Å². The van der Waals surface area contributed by atoms with E-state index in [2.05, 4.69) is 16.6 Å². The summed E-state index contributed by atoms with van der Waals surface area (Å²) in [5.74, 6) is 0.989. The first-order chi connectivity index (χ1) is 17.0. The summed E-state index contributed by atoms with van der Waals surface area (Å²) in [6, 6.07) is 14.7. The van der Waals surface area contributed by atoms with Crippen LogP contribution in [-0.4, -0.2) is 34.6 Å². The summed E-state index contributed by atoms with van der Waals surface area (Å²) in [7, 11) is 1.58. The van der Waals surface area contributed by atoms with E-state index in [1.54, 1.807) is 36.4 Å². The molecule has 2 aromatic carbocycles. The fourth-order valence-electron chi connectivity index (χ4n) is 3.23. The molecule has 1 saturated heterocycles. The van der Waals surface area contributed by atoms with Gasteiger partial charge in [-0.15, -0.1) is 6.58 Å². The summed E-state index contributed by atoms with van der Waals surface area (Å²) in [6.07, 6.45) is 6.57. The highest BCUT2D eigenvalue weighted by molar-refractivity contribution is 8.18. The standard InChI is InChI=1S/C26H21Cl2N3O3S/c1-3-12-31-25(32)24(35-26(31)30-21-10-11-29-15-20(21)28)14-18-6-9-22(23(13-18)33-2)34-16-17-4-7-19(27)8-5-17/h3-11,13-15H,1,12,16H2,2H3/b24-14-,30-26?. The predicted octanol–water partition coefficient (Wildman–Crippen LogP) is 6.77. The Morgan fingerprint density at radius 1 is 1.14 bits per heavy atom. The number of nitrogens with zero attached hydrogens (tertiary/aromatic N) is 3. The molecule has 0 aliphatic carbocycles. The number of hydrogen-bond donors (Lipinski definition) is 0. The van der Waals surface area contributed by atoms with Gasteiger partial charge in [0.15, 0.2) is 16.7 Å². The molecule has 0 atom stereocenters. The molecular formula is C26H21Cl2N3O3S. The molecular weight excluding hydrogens is 505 g/mol. The van der Waals surface area contributed by atoms with Gasteiger partial charge in [0, 0.05) is 24.0 Å². The van der Waals surface area contributed by atoms with E-state index >= 15 is 0 Å². The number of pyridine rings is 1. The zero-order valence-electron chi connectivity index (χ0n) is 18.8. The molecule has 1 aliphatic rings. The van der Waals surface area contributed by atoms with Crippen molar-refractivity contribution in [3.63, 3.8) is 0 Å². The van der Waals surface area contributed by atoms with Gasteiger partial charge < -0.3 is 9.47 Å². The van der Waals surface area contributed by atoms with E-state index in [9.17, 15) is 4.79 Å². The lowest BCUT2D eigenvalue weighted by Crippen LogP contribution is -2.29. The third-order valence-electron chi connectivity index (χ3n) is 4.96. The van der Waals surface area contributed by atoms with Crippen molar-refractivity contribution in [1.82, 2.24) is 9.88 Å². The van der Waals surface area contributed by atoms with Crippen molar-refractivity contribution >= 4 is 57.8 Å². The van der Waals surface area contributed by atoms with Crippen LogP contribution in [0, 0.1) is 0 Å². The average Bonchev–Trinajstić information content (AvgIpc) is 3.14. The monoisotopic (exact) mass is 525 g/mol. The molecule has 0 unspecified atom stereocenters. The summed E-state index contributed by atoms with van der Waals surface area (Å²) in [5, 5.41) is 1.60. The molecule has 4 rings (SSSR count). The first-order valence-corrected chi connectivity index (χ1v) is 12.1. The number of rotatable bonds is 8. The van der Waals surface area contributed by atoms with Gasteiger partial charge >= 0.3 is 0 Å². The molecule has 1 fully saturated rings. The van der Waals surface area contributed by atoms with Gasteiger partial charge in [-0.2, -0.15) is 0 Å². The van der Waals surface area contributed by atoms with E-state index in [1.807, 2.05) is 42.5 Å². The molecule has 1 aromatic heterocycles. The van der Waals surface area contributed by atoms with Crippen LogP contribution in [0.1, 0.15) is 11.1 Å². The molecule has 1 aliphatic heterocycles. The molecule has 0 spiro atoms. The number of benzene rings is 2. The number of thioether (sulfide) groups is 1. The van der Waals surface area contributed by atoms with Crippen LogP contribution in [0.3, 0.4) is 0 Å². The fourth-order valence-corrected chi connectivity index (χ4v) is 4.52. The van der Waals surface area contributed by atoms with E-state index in [0.717, 1.165) is 11.1 Å². The first-order valence-electron chi connectivity index (χ1n) is 10.5. The number of halogens is 2. The van der Waals surface area contributed by atoms with Crippen molar-refractivity contribution in [1.29, 1.82) is 0 Å². The maximum Gasteiger partial charge on any atom is 0.267 e. The highest BCUT2D eigenvalue weighted by atomic mass is 35.5. The minimum atomic E-state index is -0.166. The number of carbonyl (C=O) groups is 1. The van der Waals surface area contributed by atoms with E-state index in [0.29, 0.717) is 50.5 Å². The van der Waals surface area contributed by atoms with Crippen LogP contribution in [0.4, 0.5) is 5.69 Å². The number of ether oxygens (including phenoxy) is 2. The molecule has 0 bridgehead atoms. The molecule has 6 nitrogen and oxygen atoms in total. The van der Waals surface area contributed by atoms with Gasteiger partial charge in [-0.3, -0.25) is 14.7 Å². The van der Waals surface area contributed by atoms with Crippen molar-refractivity contribution in [3.05, 3.63) is 99.7 Å². The van der Waals surface area contributed by atoms with Crippen LogP contribution < -0.4 is 9.47 Å². The lowest BCUT2D eigenvalue weighted by atomic mass is 10.1. The van der Waals surface area contributed by atoms with Crippen LogP contribution >= 0.6 is 35.0 Å². The minimum Gasteiger partial charge on any atom is -0.493 e. The Hall–Kier alpha value is -3.26. The zero-order chi connectivity index (χ0) is 24.8. The topological polar surface area (TPSA) is 64.0 Å². The summed E-state index contributed by atoms with van der Waals surface area (Å²) >= 11 is 13.4. The first kappa shape index (κ1) is 24.9. The van der Waals surface area contributed by atoms with Gasteiger partial charge in [-0.25, -0.2) is 4.99 Å². The molecule has 9 heteroatoms. The van der Waals surface area contributed by atoms with E-state index in [1.165, 1.54) is 18.0 Å². The summed E-state index contributed by atoms with van der Waals surface area (Å²) in [5.41, 5.74) is 2.31. The molecule has 35 heavy (non-hydrogen) atoms.